The van der Waals surface area contributed by atoms with Crippen molar-refractivity contribution in [1.82, 2.24) is 15.0 Å². The molecule has 0 amide bonds. The van der Waals surface area contributed by atoms with Crippen LogP contribution in [0.3, 0.4) is 0 Å². The minimum absolute atomic E-state index is 0.651. The Kier molecular flexibility index (Phi) is 5.37. The molecule has 6 nitrogen and oxygen atoms in total. The summed E-state index contributed by atoms with van der Waals surface area (Å²) in [7, 11) is 0. The summed E-state index contributed by atoms with van der Waals surface area (Å²) >= 11 is 0. The quantitative estimate of drug-likeness (QED) is 0.738. The zero-order chi connectivity index (χ0) is 19.3. The highest BCUT2D eigenvalue weighted by Crippen LogP contribution is 2.22. The van der Waals surface area contributed by atoms with E-state index in [-0.39, 0.29) is 0 Å². The number of hydrogen-bond donors (Lipinski definition) is 1. The van der Waals surface area contributed by atoms with E-state index in [2.05, 4.69) is 61.3 Å². The monoisotopic (exact) mass is 374 g/mol. The molecule has 1 aromatic carbocycles. The lowest BCUT2D eigenvalue weighted by Crippen LogP contribution is -2.47. The van der Waals surface area contributed by atoms with Crippen molar-refractivity contribution in [2.45, 2.75) is 20.4 Å². The van der Waals surface area contributed by atoms with Crippen molar-refractivity contribution < 1.29 is 0 Å². The fourth-order valence-electron chi connectivity index (χ4n) is 3.51. The molecule has 0 spiro atoms. The highest BCUT2D eigenvalue weighted by molar-refractivity contribution is 5.53. The van der Waals surface area contributed by atoms with Crippen LogP contribution in [0.1, 0.15) is 17.1 Å². The van der Waals surface area contributed by atoms with Gasteiger partial charge in [-0.2, -0.15) is 0 Å². The molecule has 0 radical (unpaired) electrons. The Labute approximate surface area is 166 Å². The van der Waals surface area contributed by atoms with Crippen LogP contribution < -0.4 is 15.1 Å². The third-order valence-electron chi connectivity index (χ3n) is 4.97. The van der Waals surface area contributed by atoms with Gasteiger partial charge in [-0.15, -0.1) is 0 Å². The Morgan fingerprint density at radius 1 is 0.893 bits per heavy atom. The molecule has 0 saturated carbocycles. The molecule has 1 aliphatic rings. The first kappa shape index (κ1) is 18.2. The summed E-state index contributed by atoms with van der Waals surface area (Å²) < 4.78 is 0. The van der Waals surface area contributed by atoms with Crippen LogP contribution in [0.25, 0.3) is 0 Å². The number of rotatable bonds is 5. The molecule has 1 aliphatic heterocycles. The van der Waals surface area contributed by atoms with E-state index in [0.717, 1.165) is 49.3 Å². The lowest BCUT2D eigenvalue weighted by molar-refractivity contribution is 0.645. The first-order valence-electron chi connectivity index (χ1n) is 9.73. The Morgan fingerprint density at radius 3 is 2.46 bits per heavy atom. The molecule has 1 saturated heterocycles. The van der Waals surface area contributed by atoms with Gasteiger partial charge in [0.1, 0.15) is 17.5 Å². The Balaban J connectivity index is 1.41. The van der Waals surface area contributed by atoms with Crippen molar-refractivity contribution in [3.05, 3.63) is 71.8 Å². The van der Waals surface area contributed by atoms with Crippen molar-refractivity contribution in [2.24, 2.45) is 0 Å². The van der Waals surface area contributed by atoms with Crippen LogP contribution in [0.15, 0.2) is 54.7 Å². The fraction of sp³-hybridized carbons (Fsp3) is 0.318. The number of anilines is 3. The summed E-state index contributed by atoms with van der Waals surface area (Å²) in [4.78, 5) is 18.3. The number of aromatic nitrogens is 3. The minimum Gasteiger partial charge on any atom is -0.368 e. The fourth-order valence-corrected chi connectivity index (χ4v) is 3.51. The molecule has 3 aromatic rings. The number of pyridine rings is 1. The van der Waals surface area contributed by atoms with Crippen LogP contribution in [0.4, 0.5) is 17.3 Å². The second-order valence-electron chi connectivity index (χ2n) is 7.15. The first-order valence-corrected chi connectivity index (χ1v) is 9.73. The third-order valence-corrected chi connectivity index (χ3v) is 4.97. The van der Waals surface area contributed by atoms with E-state index in [9.17, 15) is 0 Å². The van der Waals surface area contributed by atoms with Gasteiger partial charge in [0.05, 0.1) is 12.2 Å². The smallest absolute Gasteiger partial charge is 0.134 e. The highest BCUT2D eigenvalue weighted by Gasteiger charge is 2.19. The van der Waals surface area contributed by atoms with Crippen LogP contribution in [0.5, 0.6) is 0 Å². The van der Waals surface area contributed by atoms with Gasteiger partial charge in [-0.3, -0.25) is 4.98 Å². The molecule has 144 valence electrons. The van der Waals surface area contributed by atoms with Crippen molar-refractivity contribution in [1.29, 1.82) is 0 Å². The summed E-state index contributed by atoms with van der Waals surface area (Å²) in [6.45, 7) is 8.61. The largest absolute Gasteiger partial charge is 0.368 e. The van der Waals surface area contributed by atoms with Crippen molar-refractivity contribution in [3.63, 3.8) is 0 Å². The maximum absolute atomic E-state index is 4.67. The van der Waals surface area contributed by atoms with E-state index in [1.54, 1.807) is 6.20 Å². The third kappa shape index (κ3) is 4.39. The van der Waals surface area contributed by atoms with Gasteiger partial charge in [-0.05, 0) is 43.7 Å². The van der Waals surface area contributed by atoms with Gasteiger partial charge in [0, 0.05) is 44.1 Å². The van der Waals surface area contributed by atoms with Gasteiger partial charge in [0.25, 0.3) is 0 Å². The minimum atomic E-state index is 0.651. The van der Waals surface area contributed by atoms with Gasteiger partial charge in [0.2, 0.25) is 0 Å². The van der Waals surface area contributed by atoms with Gasteiger partial charge in [-0.25, -0.2) is 9.97 Å². The number of nitrogens with one attached hydrogen (secondary N) is 1. The average molecular weight is 374 g/mol. The standard InChI is InChI=1S/C22H26N6/c1-17-6-5-8-20(14-17)27-10-12-28(13-11-27)22-15-21(25-18(2)26-22)24-16-19-7-3-4-9-23-19/h3-9,14-15H,10-13,16H2,1-2H3,(H,24,25,26). The number of piperazine rings is 1. The molecule has 2 aromatic heterocycles. The van der Waals surface area contributed by atoms with E-state index in [0.29, 0.717) is 6.54 Å². The molecule has 0 bridgehead atoms. The summed E-state index contributed by atoms with van der Waals surface area (Å²) in [6.07, 6.45) is 1.81. The van der Waals surface area contributed by atoms with Crippen molar-refractivity contribution in [3.8, 4) is 0 Å². The van der Waals surface area contributed by atoms with E-state index < -0.39 is 0 Å². The SMILES string of the molecule is Cc1cccc(N2CCN(c3cc(NCc4ccccn4)nc(C)n3)CC2)c1. The molecule has 0 atom stereocenters. The maximum atomic E-state index is 4.67. The number of aryl methyl sites for hydroxylation is 2. The molecule has 4 rings (SSSR count). The summed E-state index contributed by atoms with van der Waals surface area (Å²) in [5.74, 6) is 2.61. The van der Waals surface area contributed by atoms with Crippen LogP contribution >= 0.6 is 0 Å². The van der Waals surface area contributed by atoms with Crippen molar-refractivity contribution >= 4 is 17.3 Å². The van der Waals surface area contributed by atoms with E-state index >= 15 is 0 Å². The summed E-state index contributed by atoms with van der Waals surface area (Å²) in [5, 5.41) is 3.37. The molecule has 3 heterocycles. The lowest BCUT2D eigenvalue weighted by Gasteiger charge is -2.37. The van der Waals surface area contributed by atoms with Crippen LogP contribution in [-0.2, 0) is 6.54 Å². The summed E-state index contributed by atoms with van der Waals surface area (Å²) in [6, 6.07) is 16.7. The van der Waals surface area contributed by atoms with Crippen molar-refractivity contribution in [2.75, 3.05) is 41.3 Å². The van der Waals surface area contributed by atoms with Gasteiger partial charge in [-0.1, -0.05) is 18.2 Å². The number of hydrogen-bond acceptors (Lipinski definition) is 6. The highest BCUT2D eigenvalue weighted by atomic mass is 15.3. The van der Waals surface area contributed by atoms with Gasteiger partial charge >= 0.3 is 0 Å². The topological polar surface area (TPSA) is 57.2 Å². The molecule has 28 heavy (non-hydrogen) atoms. The Morgan fingerprint density at radius 2 is 1.71 bits per heavy atom. The molecular weight excluding hydrogens is 348 g/mol. The second-order valence-corrected chi connectivity index (χ2v) is 7.15. The van der Waals surface area contributed by atoms with E-state index in [4.69, 9.17) is 0 Å². The predicted octanol–water partition coefficient (Wildman–Crippen LogP) is 3.43. The molecule has 1 N–H and O–H groups in total. The molecule has 1 fully saturated rings. The zero-order valence-corrected chi connectivity index (χ0v) is 16.5. The molecule has 0 aliphatic carbocycles. The Bertz CT molecular complexity index is 919. The normalized spacial score (nSPS) is 14.2. The van der Waals surface area contributed by atoms with E-state index in [1.165, 1.54) is 11.3 Å². The van der Waals surface area contributed by atoms with Gasteiger partial charge < -0.3 is 15.1 Å². The molecular formula is C22H26N6. The molecule has 0 unspecified atom stereocenters. The Hall–Kier alpha value is -3.15. The average Bonchev–Trinajstić information content (AvgIpc) is 2.73. The summed E-state index contributed by atoms with van der Waals surface area (Å²) in [5.41, 5.74) is 3.60. The predicted molar refractivity (Wildman–Crippen MR) is 114 cm³/mol. The first-order chi connectivity index (χ1) is 13.7. The van der Waals surface area contributed by atoms with Gasteiger partial charge in [0.15, 0.2) is 0 Å². The number of nitrogens with zero attached hydrogens (tertiary/aromatic N) is 5. The lowest BCUT2D eigenvalue weighted by atomic mass is 10.2. The molecule has 6 heteroatoms. The van der Waals surface area contributed by atoms with Crippen LogP contribution in [0, 0.1) is 13.8 Å². The number of benzene rings is 1. The van der Waals surface area contributed by atoms with E-state index in [1.807, 2.05) is 31.2 Å². The maximum Gasteiger partial charge on any atom is 0.134 e. The zero-order valence-electron chi connectivity index (χ0n) is 16.5. The van der Waals surface area contributed by atoms with Crippen LogP contribution in [-0.4, -0.2) is 41.1 Å². The van der Waals surface area contributed by atoms with Crippen LogP contribution in [0.2, 0.25) is 0 Å². The second kappa shape index (κ2) is 8.25.